The Hall–Kier alpha value is -1.14. The largest absolute Gasteiger partial charge is 0.302 e. The standard InChI is InChI=1S/C4H10N4O2/c1-3(7-9-5)4(2)8-10-6/h5-6H2,1-2H3/b7-3+,8-4+. The maximum absolute atomic E-state index is 4.65. The Morgan fingerprint density at radius 1 is 1.00 bits per heavy atom. The predicted octanol–water partition coefficient (Wildman–Crippen LogP) is -0.481. The Balaban J connectivity index is 4.06. The van der Waals surface area contributed by atoms with Gasteiger partial charge >= 0.3 is 0 Å². The normalized spacial score (nSPS) is 13.2. The molecule has 0 aliphatic carbocycles. The lowest BCUT2D eigenvalue weighted by molar-refractivity contribution is 0.145. The second-order valence-electron chi connectivity index (χ2n) is 1.56. The molecule has 58 valence electrons. The van der Waals surface area contributed by atoms with E-state index in [0.29, 0.717) is 11.4 Å². The topological polar surface area (TPSA) is 95.2 Å². The maximum atomic E-state index is 4.65. The van der Waals surface area contributed by atoms with E-state index in [1.165, 1.54) is 0 Å². The molecule has 0 radical (unpaired) electrons. The number of nitrogens with zero attached hydrogens (tertiary/aromatic N) is 2. The first kappa shape index (κ1) is 8.86. The van der Waals surface area contributed by atoms with Crippen LogP contribution in [0.15, 0.2) is 10.3 Å². The van der Waals surface area contributed by atoms with Crippen molar-refractivity contribution in [3.05, 3.63) is 0 Å². The van der Waals surface area contributed by atoms with E-state index in [9.17, 15) is 0 Å². The lowest BCUT2D eigenvalue weighted by Crippen LogP contribution is -2.09. The van der Waals surface area contributed by atoms with Gasteiger partial charge in [-0.3, -0.25) is 0 Å². The molecule has 0 amide bonds. The molecule has 0 aromatic carbocycles. The summed E-state index contributed by atoms with van der Waals surface area (Å²) < 4.78 is 0. The van der Waals surface area contributed by atoms with Gasteiger partial charge in [0.1, 0.15) is 11.4 Å². The van der Waals surface area contributed by atoms with E-state index in [1.807, 2.05) is 0 Å². The first-order valence-corrected chi connectivity index (χ1v) is 2.53. The van der Waals surface area contributed by atoms with Gasteiger partial charge in [0, 0.05) is 0 Å². The van der Waals surface area contributed by atoms with E-state index < -0.39 is 0 Å². The molecule has 0 aromatic heterocycles. The smallest absolute Gasteiger partial charge is 0.104 e. The number of nitrogens with two attached hydrogens (primary N) is 2. The summed E-state index contributed by atoms with van der Waals surface area (Å²) in [4.78, 5) is 7.96. The summed E-state index contributed by atoms with van der Waals surface area (Å²) in [5.74, 6) is 9.30. The third-order valence-corrected chi connectivity index (χ3v) is 0.903. The summed E-state index contributed by atoms with van der Waals surface area (Å²) in [6, 6.07) is 0. The Morgan fingerprint density at radius 3 is 1.50 bits per heavy atom. The third-order valence-electron chi connectivity index (χ3n) is 0.903. The molecule has 6 heteroatoms. The molecule has 0 fully saturated rings. The molecule has 0 unspecified atom stereocenters. The molecule has 0 heterocycles. The molecule has 0 spiro atoms. The maximum Gasteiger partial charge on any atom is 0.104 e. The molecule has 4 N–H and O–H groups in total. The molecular formula is C4H10N4O2. The van der Waals surface area contributed by atoms with Crippen LogP contribution in [0.2, 0.25) is 0 Å². The number of oxime groups is 2. The minimum Gasteiger partial charge on any atom is -0.302 e. The van der Waals surface area contributed by atoms with Crippen molar-refractivity contribution < 1.29 is 9.88 Å². The van der Waals surface area contributed by atoms with E-state index in [4.69, 9.17) is 0 Å². The van der Waals surface area contributed by atoms with Crippen LogP contribution < -0.4 is 11.8 Å². The average molecular weight is 146 g/mol. The summed E-state index contributed by atoms with van der Waals surface area (Å²) in [6.45, 7) is 3.31. The van der Waals surface area contributed by atoms with Crippen molar-refractivity contribution in [3.63, 3.8) is 0 Å². The second kappa shape index (κ2) is 4.71. The van der Waals surface area contributed by atoms with Crippen molar-refractivity contribution in [1.29, 1.82) is 0 Å². The Labute approximate surface area is 58.3 Å². The highest BCUT2D eigenvalue weighted by atomic mass is 16.8. The van der Waals surface area contributed by atoms with Gasteiger partial charge in [-0.25, -0.2) is 0 Å². The van der Waals surface area contributed by atoms with Gasteiger partial charge in [-0.2, -0.15) is 0 Å². The summed E-state index contributed by atoms with van der Waals surface area (Å²) in [5, 5.41) is 6.74. The zero-order chi connectivity index (χ0) is 7.98. The van der Waals surface area contributed by atoms with E-state index >= 15 is 0 Å². The molecule has 0 bridgehead atoms. The van der Waals surface area contributed by atoms with Crippen LogP contribution in [0, 0.1) is 0 Å². The van der Waals surface area contributed by atoms with Crippen LogP contribution in [0.1, 0.15) is 13.8 Å². The zero-order valence-electron chi connectivity index (χ0n) is 5.87. The molecule has 6 nitrogen and oxygen atoms in total. The van der Waals surface area contributed by atoms with Gasteiger partial charge in [-0.1, -0.05) is 10.3 Å². The number of rotatable bonds is 3. The Kier molecular flexibility index (Phi) is 4.17. The summed E-state index contributed by atoms with van der Waals surface area (Å²) >= 11 is 0. The fourth-order valence-corrected chi connectivity index (χ4v) is 0.290. The molecule has 0 aliphatic rings. The summed E-state index contributed by atoms with van der Waals surface area (Å²) in [6.07, 6.45) is 0. The van der Waals surface area contributed by atoms with E-state index in [-0.39, 0.29) is 0 Å². The lowest BCUT2D eigenvalue weighted by atomic mass is 10.3. The second-order valence-corrected chi connectivity index (χ2v) is 1.56. The van der Waals surface area contributed by atoms with Crippen molar-refractivity contribution in [2.75, 3.05) is 0 Å². The van der Waals surface area contributed by atoms with Gasteiger partial charge in [0.25, 0.3) is 0 Å². The van der Waals surface area contributed by atoms with Crippen LogP contribution in [0.4, 0.5) is 0 Å². The van der Waals surface area contributed by atoms with Gasteiger partial charge in [0.05, 0.1) is 0 Å². The molecule has 0 saturated carbocycles. The van der Waals surface area contributed by atoms with E-state index in [2.05, 4.69) is 32.0 Å². The van der Waals surface area contributed by atoms with Crippen molar-refractivity contribution >= 4 is 11.4 Å². The minimum absolute atomic E-state index is 0.507. The number of hydrogen-bond acceptors (Lipinski definition) is 6. The van der Waals surface area contributed by atoms with Crippen LogP contribution in [0.5, 0.6) is 0 Å². The SMILES string of the molecule is CC(=N\ON)/C(C)=N/ON. The summed E-state index contributed by atoms with van der Waals surface area (Å²) in [7, 11) is 0. The van der Waals surface area contributed by atoms with Gasteiger partial charge in [0.2, 0.25) is 0 Å². The molecule has 0 aliphatic heterocycles. The van der Waals surface area contributed by atoms with E-state index in [1.54, 1.807) is 13.8 Å². The first-order valence-electron chi connectivity index (χ1n) is 2.53. The monoisotopic (exact) mass is 146 g/mol. The highest BCUT2D eigenvalue weighted by Gasteiger charge is 1.96. The summed E-state index contributed by atoms with van der Waals surface area (Å²) in [5.41, 5.74) is 1.01. The highest BCUT2D eigenvalue weighted by Crippen LogP contribution is 1.83. The van der Waals surface area contributed by atoms with Crippen molar-refractivity contribution in [3.8, 4) is 0 Å². The fraction of sp³-hybridized carbons (Fsp3) is 0.500. The number of hydrogen-bond donors (Lipinski definition) is 2. The molecule has 10 heavy (non-hydrogen) atoms. The van der Waals surface area contributed by atoms with Crippen LogP contribution in [0.3, 0.4) is 0 Å². The predicted molar refractivity (Wildman–Crippen MR) is 36.8 cm³/mol. The van der Waals surface area contributed by atoms with Crippen LogP contribution >= 0.6 is 0 Å². The van der Waals surface area contributed by atoms with Crippen molar-refractivity contribution in [2.45, 2.75) is 13.8 Å². The van der Waals surface area contributed by atoms with Crippen LogP contribution in [-0.2, 0) is 9.88 Å². The van der Waals surface area contributed by atoms with Crippen molar-refractivity contribution in [2.24, 2.45) is 22.1 Å². The molecular weight excluding hydrogens is 136 g/mol. The molecule has 0 atom stereocenters. The van der Waals surface area contributed by atoms with Crippen LogP contribution in [-0.4, -0.2) is 11.4 Å². The minimum atomic E-state index is 0.507. The average Bonchev–Trinajstić information content (AvgIpc) is 1.89. The Bertz CT molecular complexity index is 135. The molecule has 0 rings (SSSR count). The van der Waals surface area contributed by atoms with Gasteiger partial charge < -0.3 is 9.88 Å². The molecule has 0 saturated heterocycles. The third kappa shape index (κ3) is 3.00. The fourth-order valence-electron chi connectivity index (χ4n) is 0.290. The van der Waals surface area contributed by atoms with Gasteiger partial charge in [0.15, 0.2) is 0 Å². The van der Waals surface area contributed by atoms with Crippen LogP contribution in [0.25, 0.3) is 0 Å². The van der Waals surface area contributed by atoms with Gasteiger partial charge in [-0.05, 0) is 13.8 Å². The zero-order valence-corrected chi connectivity index (χ0v) is 5.87. The van der Waals surface area contributed by atoms with Crippen molar-refractivity contribution in [1.82, 2.24) is 0 Å². The Morgan fingerprint density at radius 2 is 1.30 bits per heavy atom. The highest BCUT2D eigenvalue weighted by molar-refractivity contribution is 6.40. The van der Waals surface area contributed by atoms with E-state index in [0.717, 1.165) is 0 Å². The van der Waals surface area contributed by atoms with Gasteiger partial charge in [-0.15, -0.1) is 11.8 Å². The quantitative estimate of drug-likeness (QED) is 0.415. The lowest BCUT2D eigenvalue weighted by Gasteiger charge is -1.94. The molecule has 0 aromatic rings. The first-order chi connectivity index (χ1) is 4.72.